The van der Waals surface area contributed by atoms with E-state index >= 15 is 0 Å². The van der Waals surface area contributed by atoms with Crippen molar-refractivity contribution in [2.75, 3.05) is 11.4 Å². The first kappa shape index (κ1) is 17.9. The Morgan fingerprint density at radius 3 is 2.80 bits per heavy atom. The minimum Gasteiger partial charge on any atom is -0.354 e. The molecule has 0 saturated carbocycles. The molecule has 3 rings (SSSR count). The highest BCUT2D eigenvalue weighted by Gasteiger charge is 2.22. The van der Waals surface area contributed by atoms with Crippen molar-refractivity contribution in [2.24, 2.45) is 5.73 Å². The van der Waals surface area contributed by atoms with Crippen molar-refractivity contribution in [2.45, 2.75) is 32.9 Å². The van der Waals surface area contributed by atoms with Crippen LogP contribution in [0.25, 0.3) is 10.2 Å². The maximum Gasteiger partial charge on any atom is 0.245 e. The second-order valence-electron chi connectivity index (χ2n) is 6.12. The quantitative estimate of drug-likeness (QED) is 0.711. The molecule has 0 unspecified atom stereocenters. The van der Waals surface area contributed by atoms with Crippen molar-refractivity contribution >= 4 is 44.2 Å². The number of halogens is 1. The molecule has 1 aromatic carbocycles. The molecule has 7 heteroatoms. The number of fused-ring (bicyclic) bond motifs is 1. The minimum absolute atomic E-state index is 0.115. The molecule has 5 nitrogen and oxygen atoms in total. The summed E-state index contributed by atoms with van der Waals surface area (Å²) in [5.41, 5.74) is 7.74. The zero-order valence-corrected chi connectivity index (χ0v) is 15.8. The van der Waals surface area contributed by atoms with Crippen LogP contribution in [0, 0.1) is 6.92 Å². The van der Waals surface area contributed by atoms with Crippen LogP contribution in [0.2, 0.25) is 5.02 Å². The Kier molecular flexibility index (Phi) is 5.42. The topological polar surface area (TPSA) is 64.2 Å². The molecule has 0 aliphatic carbocycles. The van der Waals surface area contributed by atoms with Gasteiger partial charge in [0.15, 0.2) is 5.13 Å². The average Bonchev–Trinajstić information content (AvgIpc) is 3.20. The highest BCUT2D eigenvalue weighted by Crippen LogP contribution is 2.33. The van der Waals surface area contributed by atoms with Crippen LogP contribution in [0.5, 0.6) is 0 Å². The number of nitrogens with two attached hydrogens (primary N) is 1. The molecule has 0 radical (unpaired) electrons. The summed E-state index contributed by atoms with van der Waals surface area (Å²) >= 11 is 7.62. The Labute approximate surface area is 156 Å². The van der Waals surface area contributed by atoms with Crippen LogP contribution in [0.15, 0.2) is 36.7 Å². The van der Waals surface area contributed by atoms with Crippen LogP contribution in [0.3, 0.4) is 0 Å². The lowest BCUT2D eigenvalue weighted by molar-refractivity contribution is -0.119. The van der Waals surface area contributed by atoms with E-state index in [4.69, 9.17) is 17.3 Å². The second-order valence-corrected chi connectivity index (χ2v) is 7.56. The van der Waals surface area contributed by atoms with Crippen LogP contribution in [-0.4, -0.2) is 28.0 Å². The molecule has 2 N–H and O–H groups in total. The van der Waals surface area contributed by atoms with Crippen molar-refractivity contribution in [3.63, 3.8) is 0 Å². The number of anilines is 1. The molecule has 0 aliphatic heterocycles. The van der Waals surface area contributed by atoms with E-state index in [2.05, 4.69) is 9.55 Å². The molecular formula is C18H21ClN4OS. The number of nitrogens with zero attached hydrogens (tertiary/aromatic N) is 3. The number of hydrogen-bond donors (Lipinski definition) is 1. The first-order valence-electron chi connectivity index (χ1n) is 8.20. The van der Waals surface area contributed by atoms with Gasteiger partial charge in [0.2, 0.25) is 5.91 Å². The third-order valence-electron chi connectivity index (χ3n) is 3.99. The van der Waals surface area contributed by atoms with Crippen LogP contribution >= 0.6 is 22.9 Å². The van der Waals surface area contributed by atoms with E-state index < -0.39 is 6.04 Å². The molecular weight excluding hydrogens is 356 g/mol. The van der Waals surface area contributed by atoms with Gasteiger partial charge in [0.1, 0.15) is 0 Å². The van der Waals surface area contributed by atoms with Gasteiger partial charge in [-0.1, -0.05) is 22.9 Å². The number of rotatable bonds is 6. The monoisotopic (exact) mass is 376 g/mol. The van der Waals surface area contributed by atoms with E-state index in [1.165, 1.54) is 11.3 Å². The lowest BCUT2D eigenvalue weighted by Gasteiger charge is -2.21. The van der Waals surface area contributed by atoms with Gasteiger partial charge in [0.25, 0.3) is 0 Å². The summed E-state index contributed by atoms with van der Waals surface area (Å²) in [7, 11) is 0. The number of hydrogen-bond acceptors (Lipinski definition) is 4. The molecule has 1 atom stereocenters. The van der Waals surface area contributed by atoms with Gasteiger partial charge in [-0.15, -0.1) is 0 Å². The summed E-state index contributed by atoms with van der Waals surface area (Å²) in [5.74, 6) is -0.115. The van der Waals surface area contributed by atoms with Crippen molar-refractivity contribution in [3.8, 4) is 0 Å². The number of thiazole rings is 1. The smallest absolute Gasteiger partial charge is 0.245 e. The van der Waals surface area contributed by atoms with Crippen LogP contribution in [0.4, 0.5) is 5.13 Å². The second kappa shape index (κ2) is 7.56. The Bertz CT molecular complexity index is 873. The fraction of sp³-hybridized carbons (Fsp3) is 0.333. The number of carbonyl (C=O) groups excluding carboxylic acids is 1. The van der Waals surface area contributed by atoms with Gasteiger partial charge >= 0.3 is 0 Å². The van der Waals surface area contributed by atoms with E-state index in [1.54, 1.807) is 11.8 Å². The molecule has 0 bridgehead atoms. The van der Waals surface area contributed by atoms with Crippen molar-refractivity contribution in [1.29, 1.82) is 0 Å². The third kappa shape index (κ3) is 4.03. The fourth-order valence-corrected chi connectivity index (χ4v) is 4.19. The fourth-order valence-electron chi connectivity index (χ4n) is 2.73. The number of aromatic nitrogens is 2. The van der Waals surface area contributed by atoms with Gasteiger partial charge in [0.05, 0.1) is 16.3 Å². The predicted octanol–water partition coefficient (Wildman–Crippen LogP) is 3.83. The number of aryl methyl sites for hydroxylation is 2. The summed E-state index contributed by atoms with van der Waals surface area (Å²) in [4.78, 5) is 19.0. The highest BCUT2D eigenvalue weighted by molar-refractivity contribution is 7.22. The predicted molar refractivity (Wildman–Crippen MR) is 104 cm³/mol. The van der Waals surface area contributed by atoms with Gasteiger partial charge in [0, 0.05) is 30.5 Å². The first-order chi connectivity index (χ1) is 12.0. The van der Waals surface area contributed by atoms with Crippen LogP contribution < -0.4 is 10.6 Å². The SMILES string of the molecule is Cc1cc(Cl)cc2sc(N(CCCn3cccc3)C(=O)[C@H](C)N)nc12. The molecule has 0 fully saturated rings. The Hall–Kier alpha value is -1.89. The van der Waals surface area contributed by atoms with Gasteiger partial charge in [-0.2, -0.15) is 0 Å². The standard InChI is InChI=1S/C18H21ClN4OS/c1-12-10-14(19)11-15-16(12)21-18(25-15)23(17(24)13(2)20)9-5-8-22-6-3-4-7-22/h3-4,6-7,10-11,13H,5,8-9,20H2,1-2H3/t13-/m0/s1. The van der Waals surface area contributed by atoms with Crippen LogP contribution in [-0.2, 0) is 11.3 Å². The van der Waals surface area contributed by atoms with Gasteiger partial charge in [-0.3, -0.25) is 9.69 Å². The van der Waals surface area contributed by atoms with Crippen LogP contribution in [0.1, 0.15) is 18.9 Å². The molecule has 3 aromatic rings. The zero-order valence-electron chi connectivity index (χ0n) is 14.3. The van der Waals surface area contributed by atoms with Crippen molar-refractivity contribution < 1.29 is 4.79 Å². The Balaban J connectivity index is 1.85. The zero-order chi connectivity index (χ0) is 18.0. The lowest BCUT2D eigenvalue weighted by Crippen LogP contribution is -2.43. The highest BCUT2D eigenvalue weighted by atomic mass is 35.5. The molecule has 0 spiro atoms. The number of carbonyl (C=O) groups is 1. The maximum absolute atomic E-state index is 12.6. The van der Waals surface area contributed by atoms with Crippen molar-refractivity contribution in [3.05, 3.63) is 47.2 Å². The van der Waals surface area contributed by atoms with E-state index in [0.717, 1.165) is 28.7 Å². The molecule has 0 aliphatic rings. The molecule has 2 heterocycles. The normalized spacial score (nSPS) is 12.5. The van der Waals surface area contributed by atoms with Crippen molar-refractivity contribution in [1.82, 2.24) is 9.55 Å². The van der Waals surface area contributed by atoms with Gasteiger partial charge in [-0.25, -0.2) is 4.98 Å². The number of amides is 1. The van der Waals surface area contributed by atoms with E-state index in [-0.39, 0.29) is 5.91 Å². The maximum atomic E-state index is 12.6. The largest absolute Gasteiger partial charge is 0.354 e. The molecule has 0 saturated heterocycles. The van der Waals surface area contributed by atoms with Gasteiger partial charge in [-0.05, 0) is 50.1 Å². The summed E-state index contributed by atoms with van der Waals surface area (Å²) < 4.78 is 3.07. The van der Waals surface area contributed by atoms with E-state index in [9.17, 15) is 4.79 Å². The van der Waals surface area contributed by atoms with Gasteiger partial charge < -0.3 is 10.3 Å². The Morgan fingerprint density at radius 2 is 2.12 bits per heavy atom. The summed E-state index contributed by atoms with van der Waals surface area (Å²) in [6.45, 7) is 5.09. The third-order valence-corrected chi connectivity index (χ3v) is 5.23. The molecule has 25 heavy (non-hydrogen) atoms. The summed E-state index contributed by atoms with van der Waals surface area (Å²) in [6.07, 6.45) is 4.85. The molecule has 2 aromatic heterocycles. The molecule has 1 amide bonds. The average molecular weight is 377 g/mol. The lowest BCUT2D eigenvalue weighted by atomic mass is 10.2. The molecule has 132 valence electrons. The Morgan fingerprint density at radius 1 is 1.40 bits per heavy atom. The summed E-state index contributed by atoms with van der Waals surface area (Å²) in [5, 5.41) is 1.35. The minimum atomic E-state index is -0.566. The number of benzene rings is 1. The first-order valence-corrected chi connectivity index (χ1v) is 9.39. The summed E-state index contributed by atoms with van der Waals surface area (Å²) in [6, 6.07) is 7.19. The van der Waals surface area contributed by atoms with E-state index in [1.807, 2.05) is 43.6 Å². The van der Waals surface area contributed by atoms with E-state index in [0.29, 0.717) is 16.7 Å².